The van der Waals surface area contributed by atoms with Crippen molar-refractivity contribution in [1.29, 1.82) is 0 Å². The van der Waals surface area contributed by atoms with Crippen molar-refractivity contribution in [1.82, 2.24) is 5.06 Å². The fourth-order valence-corrected chi connectivity index (χ4v) is 2.79. The van der Waals surface area contributed by atoms with Gasteiger partial charge >= 0.3 is 51.4 Å². The molecule has 0 bridgehead atoms. The summed E-state index contributed by atoms with van der Waals surface area (Å²) in [5.41, 5.74) is 0.682. The molecule has 0 fully saturated rings. The third kappa shape index (κ3) is 22.3. The smallest absolute Gasteiger partial charge is 1.00 e. The molecular formula is C26H58KNO3. The van der Waals surface area contributed by atoms with Crippen molar-refractivity contribution in [2.24, 2.45) is 34.5 Å². The molecule has 0 rings (SSSR count). The normalized spacial score (nSPS) is 14.7. The first-order chi connectivity index (χ1) is 12.6. The van der Waals surface area contributed by atoms with E-state index in [0.717, 1.165) is 19.1 Å². The van der Waals surface area contributed by atoms with Crippen molar-refractivity contribution in [3.05, 3.63) is 0 Å². The van der Waals surface area contributed by atoms with Gasteiger partial charge in [-0.15, -0.1) is 0 Å². The molecule has 0 aromatic rings. The van der Waals surface area contributed by atoms with Gasteiger partial charge in [-0.1, -0.05) is 84.1 Å². The van der Waals surface area contributed by atoms with E-state index in [9.17, 15) is 9.59 Å². The Kier molecular flexibility index (Phi) is 27.2. The van der Waals surface area contributed by atoms with Crippen LogP contribution in [0.15, 0.2) is 0 Å². The molecule has 0 aliphatic carbocycles. The Morgan fingerprint density at radius 3 is 1.55 bits per heavy atom. The molecule has 0 aromatic carbocycles. The summed E-state index contributed by atoms with van der Waals surface area (Å²) in [6.07, 6.45) is 4.53. The van der Waals surface area contributed by atoms with Crippen LogP contribution in [0.4, 0.5) is 0 Å². The van der Waals surface area contributed by atoms with Gasteiger partial charge in [-0.2, -0.15) is 0 Å². The summed E-state index contributed by atoms with van der Waals surface area (Å²) in [4.78, 5) is 26.7. The number of aldehydes is 1. The van der Waals surface area contributed by atoms with Crippen LogP contribution in [0.2, 0.25) is 0 Å². The van der Waals surface area contributed by atoms with Crippen molar-refractivity contribution in [2.75, 3.05) is 14.2 Å². The van der Waals surface area contributed by atoms with Crippen LogP contribution in [0.25, 0.3) is 0 Å². The number of hydroxylamine groups is 2. The fourth-order valence-electron chi connectivity index (χ4n) is 2.79. The Bertz CT molecular complexity index is 447. The molecule has 0 N–H and O–H groups in total. The molecule has 0 aliphatic heterocycles. The average molecular weight is 472 g/mol. The predicted molar refractivity (Wildman–Crippen MR) is 134 cm³/mol. The zero-order valence-electron chi connectivity index (χ0n) is 22.9. The summed E-state index contributed by atoms with van der Waals surface area (Å²) in [5.74, 6) is 2.29. The molecule has 31 heavy (non-hydrogen) atoms. The molecule has 0 saturated heterocycles. The molecule has 0 unspecified atom stereocenters. The van der Waals surface area contributed by atoms with Crippen molar-refractivity contribution in [3.8, 4) is 0 Å². The molecule has 0 saturated carbocycles. The number of hydrogen-bond donors (Lipinski definition) is 0. The van der Waals surface area contributed by atoms with E-state index in [0.29, 0.717) is 47.3 Å². The molecule has 1 amide bonds. The maximum Gasteiger partial charge on any atom is 1.00 e. The van der Waals surface area contributed by atoms with E-state index in [2.05, 4.69) is 69.2 Å². The van der Waals surface area contributed by atoms with Crippen molar-refractivity contribution in [2.45, 2.75) is 110 Å². The summed E-state index contributed by atoms with van der Waals surface area (Å²) < 4.78 is 0. The summed E-state index contributed by atoms with van der Waals surface area (Å²) in [7, 11) is 3.17. The standard InChI is InChI=1S/C13H27NO2.C11H22O.2CH4.K.H/c1-10(8-11(2)13(3,4)5)9-12(15)14(6)16-7;1-9(6-7-12)8-10(2)11(3,4)5;;;;/h10-11H,8-9H2,1-7H3;7,9-10H,6,8H2,1-5H3;2*1H4;;/q;;;;+1;-1/t10-,11+;9-,10-;;;;/m10..../s1. The molecule has 0 aromatic heterocycles. The Labute approximate surface area is 240 Å². The first kappa shape index (κ1) is 41.9. The molecule has 4 atom stereocenters. The molecule has 186 valence electrons. The van der Waals surface area contributed by atoms with Crippen LogP contribution >= 0.6 is 0 Å². The first-order valence-corrected chi connectivity index (χ1v) is 10.8. The third-order valence-electron chi connectivity index (χ3n) is 6.12. The second kappa shape index (κ2) is 20.1. The number of hydrogen-bond acceptors (Lipinski definition) is 3. The van der Waals surface area contributed by atoms with Gasteiger partial charge < -0.3 is 6.22 Å². The van der Waals surface area contributed by atoms with Crippen molar-refractivity contribution >= 4 is 12.2 Å². The maximum atomic E-state index is 11.6. The molecule has 0 heterocycles. The van der Waals surface area contributed by atoms with Crippen LogP contribution in [0, 0.1) is 34.5 Å². The molecule has 4 nitrogen and oxygen atoms in total. The van der Waals surface area contributed by atoms with Crippen LogP contribution in [0.3, 0.4) is 0 Å². The van der Waals surface area contributed by atoms with Gasteiger partial charge in [0.25, 0.3) is 0 Å². The van der Waals surface area contributed by atoms with Gasteiger partial charge in [-0.05, 0) is 47.3 Å². The van der Waals surface area contributed by atoms with E-state index in [1.807, 2.05) is 0 Å². The average Bonchev–Trinajstić information content (AvgIpc) is 2.52. The van der Waals surface area contributed by atoms with Gasteiger partial charge in [-0.3, -0.25) is 9.63 Å². The van der Waals surface area contributed by atoms with Crippen LogP contribution in [-0.4, -0.2) is 31.4 Å². The third-order valence-corrected chi connectivity index (χ3v) is 6.12. The number of rotatable bonds is 9. The van der Waals surface area contributed by atoms with Gasteiger partial charge in [0.2, 0.25) is 5.91 Å². The maximum absolute atomic E-state index is 11.6. The number of carbonyl (C=O) groups is 2. The number of amides is 1. The summed E-state index contributed by atoms with van der Waals surface area (Å²) in [6, 6.07) is 0. The van der Waals surface area contributed by atoms with E-state index in [-0.39, 0.29) is 73.6 Å². The van der Waals surface area contributed by atoms with Crippen LogP contribution in [0.5, 0.6) is 0 Å². The van der Waals surface area contributed by atoms with Crippen molar-refractivity contribution in [3.63, 3.8) is 0 Å². The van der Waals surface area contributed by atoms with E-state index in [4.69, 9.17) is 4.84 Å². The van der Waals surface area contributed by atoms with E-state index in [1.54, 1.807) is 7.05 Å². The minimum atomic E-state index is 0. The quantitative estimate of drug-likeness (QED) is 0.276. The van der Waals surface area contributed by atoms with Gasteiger partial charge in [0.1, 0.15) is 6.29 Å². The van der Waals surface area contributed by atoms with Gasteiger partial charge in [0.15, 0.2) is 0 Å². The first-order valence-electron chi connectivity index (χ1n) is 10.8. The Morgan fingerprint density at radius 1 is 0.903 bits per heavy atom. The second-order valence-electron chi connectivity index (χ2n) is 10.9. The summed E-state index contributed by atoms with van der Waals surface area (Å²) in [5, 5.41) is 1.30. The second-order valence-corrected chi connectivity index (χ2v) is 10.9. The molecule has 5 heteroatoms. The van der Waals surface area contributed by atoms with E-state index < -0.39 is 0 Å². The van der Waals surface area contributed by atoms with Crippen molar-refractivity contribution < 1.29 is 67.2 Å². The van der Waals surface area contributed by atoms with Gasteiger partial charge in [0.05, 0.1) is 7.11 Å². The molecular weight excluding hydrogens is 413 g/mol. The monoisotopic (exact) mass is 471 g/mol. The Hall–Kier alpha value is 0.736. The largest absolute Gasteiger partial charge is 1.00 e. The number of carbonyl (C=O) groups excluding carboxylic acids is 2. The Morgan fingerprint density at radius 2 is 1.26 bits per heavy atom. The predicted octanol–water partition coefficient (Wildman–Crippen LogP) is 4.78. The minimum absolute atomic E-state index is 0. The SMILES string of the molecule is C.C.CON(C)C(=O)C[C@H](C)C[C@H](C)C(C)(C)C.C[C@@H](CC=O)C[C@H](C)C(C)(C)C.[H-].[K+]. The zero-order chi connectivity index (χ0) is 22.7. The van der Waals surface area contributed by atoms with Crippen LogP contribution in [-0.2, 0) is 14.4 Å². The van der Waals surface area contributed by atoms with E-state index in [1.165, 1.54) is 12.2 Å². The van der Waals surface area contributed by atoms with Gasteiger partial charge in [0, 0.05) is 19.9 Å². The summed E-state index contributed by atoms with van der Waals surface area (Å²) >= 11 is 0. The Balaban J connectivity index is -0.0000000967. The molecule has 0 radical (unpaired) electrons. The zero-order valence-corrected chi connectivity index (χ0v) is 25.0. The number of nitrogens with zero attached hydrogens (tertiary/aromatic N) is 1. The summed E-state index contributed by atoms with van der Waals surface area (Å²) in [6.45, 7) is 22.3. The fraction of sp³-hybridized carbons (Fsp3) is 0.923. The van der Waals surface area contributed by atoms with Gasteiger partial charge in [-0.25, -0.2) is 5.06 Å². The molecule has 0 spiro atoms. The minimum Gasteiger partial charge on any atom is -1.00 e. The topological polar surface area (TPSA) is 46.6 Å². The van der Waals surface area contributed by atoms with Crippen LogP contribution < -0.4 is 51.4 Å². The molecule has 0 aliphatic rings. The van der Waals surface area contributed by atoms with Crippen LogP contribution in [0.1, 0.15) is 111 Å². The van der Waals surface area contributed by atoms with E-state index >= 15 is 0 Å².